The minimum atomic E-state index is -0.907. The molecule has 2 rings (SSSR count). The van der Waals surface area contributed by atoms with Crippen molar-refractivity contribution in [1.29, 1.82) is 0 Å². The number of anilines is 1. The molecular formula is C11H9NO2S2. The van der Waals surface area contributed by atoms with Gasteiger partial charge >= 0.3 is 5.97 Å². The fourth-order valence-electron chi connectivity index (χ4n) is 1.49. The Kier molecular flexibility index (Phi) is 3.26. The maximum atomic E-state index is 10.8. The highest BCUT2D eigenvalue weighted by atomic mass is 33.1. The molecule has 0 unspecified atom stereocenters. The third-order valence-corrected chi connectivity index (χ3v) is 2.85. The topological polar surface area (TPSA) is 49.3 Å². The third kappa shape index (κ3) is 2.25. The molecule has 5 heteroatoms. The number of fused-ring (bicyclic) bond motifs is 1. The molecule has 0 saturated heterocycles. The Balaban J connectivity index is 2.48. The molecule has 0 aliphatic heterocycles. The van der Waals surface area contributed by atoms with Crippen LogP contribution in [0.3, 0.4) is 0 Å². The van der Waals surface area contributed by atoms with Crippen molar-refractivity contribution in [2.45, 2.75) is 0 Å². The molecule has 0 aromatic heterocycles. The van der Waals surface area contributed by atoms with E-state index >= 15 is 0 Å². The molecule has 0 bridgehead atoms. The van der Waals surface area contributed by atoms with Crippen LogP contribution in [0.2, 0.25) is 0 Å². The zero-order chi connectivity index (χ0) is 11.5. The number of hydrogen-bond acceptors (Lipinski definition) is 4. The zero-order valence-corrected chi connectivity index (χ0v) is 9.89. The van der Waals surface area contributed by atoms with Gasteiger partial charge in [0.2, 0.25) is 0 Å². The smallest absolute Gasteiger partial charge is 0.335 e. The Labute approximate surface area is 102 Å². The molecule has 0 heterocycles. The minimum absolute atomic E-state index is 0.303. The molecular weight excluding hydrogens is 242 g/mol. The van der Waals surface area contributed by atoms with Crippen LogP contribution < -0.4 is 4.72 Å². The summed E-state index contributed by atoms with van der Waals surface area (Å²) in [6, 6.07) is 10.8. The average molecular weight is 251 g/mol. The standard InChI is InChI=1S/C11H9NO2S2/c13-11(14)9-2-1-8-6-10(12-16-15)4-3-7(8)5-9/h1-6,12,15H,(H,13,14). The van der Waals surface area contributed by atoms with Gasteiger partial charge in [-0.15, -0.1) is 0 Å². The molecule has 0 aliphatic carbocycles. The van der Waals surface area contributed by atoms with E-state index < -0.39 is 5.97 Å². The van der Waals surface area contributed by atoms with Crippen molar-refractivity contribution in [2.75, 3.05) is 4.72 Å². The van der Waals surface area contributed by atoms with Gasteiger partial charge in [0.1, 0.15) is 0 Å². The number of benzene rings is 2. The van der Waals surface area contributed by atoms with Crippen molar-refractivity contribution >= 4 is 45.1 Å². The summed E-state index contributed by atoms with van der Waals surface area (Å²) in [5.74, 6) is -0.907. The lowest BCUT2D eigenvalue weighted by Crippen LogP contribution is -1.95. The number of rotatable bonds is 3. The van der Waals surface area contributed by atoms with Gasteiger partial charge in [0.25, 0.3) is 0 Å². The monoisotopic (exact) mass is 251 g/mol. The van der Waals surface area contributed by atoms with Crippen LogP contribution in [0, 0.1) is 0 Å². The van der Waals surface area contributed by atoms with E-state index in [9.17, 15) is 4.79 Å². The second-order valence-electron chi connectivity index (χ2n) is 3.28. The van der Waals surface area contributed by atoms with Crippen molar-refractivity contribution in [1.82, 2.24) is 0 Å². The van der Waals surface area contributed by atoms with Crippen LogP contribution in [-0.2, 0) is 0 Å². The Morgan fingerprint density at radius 2 is 1.88 bits per heavy atom. The van der Waals surface area contributed by atoms with Crippen molar-refractivity contribution < 1.29 is 9.90 Å². The summed E-state index contributed by atoms with van der Waals surface area (Å²) < 4.78 is 3.00. The van der Waals surface area contributed by atoms with E-state index in [0.717, 1.165) is 16.5 Å². The Bertz CT molecular complexity index is 542. The van der Waals surface area contributed by atoms with Gasteiger partial charge in [-0.25, -0.2) is 4.79 Å². The first-order valence-corrected chi connectivity index (χ1v) is 6.41. The largest absolute Gasteiger partial charge is 0.478 e. The number of carbonyl (C=O) groups is 1. The van der Waals surface area contributed by atoms with Crippen LogP contribution in [-0.4, -0.2) is 11.1 Å². The first-order valence-electron chi connectivity index (χ1n) is 4.54. The van der Waals surface area contributed by atoms with Crippen molar-refractivity contribution in [3.63, 3.8) is 0 Å². The van der Waals surface area contributed by atoms with Crippen molar-refractivity contribution in [2.24, 2.45) is 0 Å². The van der Waals surface area contributed by atoms with Gasteiger partial charge < -0.3 is 9.83 Å². The summed E-state index contributed by atoms with van der Waals surface area (Å²) >= 11 is 4.00. The highest BCUT2D eigenvalue weighted by Gasteiger charge is 2.03. The van der Waals surface area contributed by atoms with E-state index in [1.54, 1.807) is 18.2 Å². The van der Waals surface area contributed by atoms with Gasteiger partial charge in [-0.05, 0) is 35.0 Å². The molecule has 0 fully saturated rings. The second kappa shape index (κ2) is 4.67. The van der Waals surface area contributed by atoms with E-state index in [1.807, 2.05) is 18.2 Å². The molecule has 0 saturated carbocycles. The van der Waals surface area contributed by atoms with Gasteiger partial charge in [-0.2, -0.15) is 0 Å². The summed E-state index contributed by atoms with van der Waals surface area (Å²) in [4.78, 5) is 10.8. The fraction of sp³-hybridized carbons (Fsp3) is 0. The molecule has 3 nitrogen and oxygen atoms in total. The quantitative estimate of drug-likeness (QED) is 0.444. The third-order valence-electron chi connectivity index (χ3n) is 2.25. The van der Waals surface area contributed by atoms with E-state index in [-0.39, 0.29) is 0 Å². The van der Waals surface area contributed by atoms with Crippen LogP contribution in [0.15, 0.2) is 36.4 Å². The van der Waals surface area contributed by atoms with E-state index in [4.69, 9.17) is 5.11 Å². The predicted molar refractivity (Wildman–Crippen MR) is 71.1 cm³/mol. The second-order valence-corrected chi connectivity index (χ2v) is 4.21. The lowest BCUT2D eigenvalue weighted by Gasteiger charge is -2.04. The van der Waals surface area contributed by atoms with Crippen molar-refractivity contribution in [3.8, 4) is 0 Å². The normalized spacial score (nSPS) is 10.3. The lowest BCUT2D eigenvalue weighted by atomic mass is 10.1. The maximum absolute atomic E-state index is 10.8. The molecule has 0 atom stereocenters. The Morgan fingerprint density at radius 3 is 2.56 bits per heavy atom. The number of carboxylic acid groups (broad SMARTS) is 1. The summed E-state index contributed by atoms with van der Waals surface area (Å²) in [6.07, 6.45) is 0. The molecule has 82 valence electrons. The highest BCUT2D eigenvalue weighted by Crippen LogP contribution is 2.23. The molecule has 0 amide bonds. The van der Waals surface area contributed by atoms with Gasteiger partial charge in [0.05, 0.1) is 5.56 Å². The van der Waals surface area contributed by atoms with Crippen LogP contribution >= 0.6 is 22.6 Å². The minimum Gasteiger partial charge on any atom is -0.478 e. The number of carboxylic acids is 1. The van der Waals surface area contributed by atoms with E-state index in [1.165, 1.54) is 11.0 Å². The van der Waals surface area contributed by atoms with Gasteiger partial charge in [-0.3, -0.25) is 0 Å². The molecule has 0 radical (unpaired) electrons. The fourth-order valence-corrected chi connectivity index (χ4v) is 2.04. The summed E-state index contributed by atoms with van der Waals surface area (Å²) in [6.45, 7) is 0. The van der Waals surface area contributed by atoms with Crippen LogP contribution in [0.4, 0.5) is 5.69 Å². The first kappa shape index (κ1) is 11.2. The van der Waals surface area contributed by atoms with Gasteiger partial charge in [0, 0.05) is 16.7 Å². The lowest BCUT2D eigenvalue weighted by molar-refractivity contribution is 0.0697. The Morgan fingerprint density at radius 1 is 1.19 bits per heavy atom. The summed E-state index contributed by atoms with van der Waals surface area (Å²) in [5, 5.41) is 10.8. The molecule has 0 spiro atoms. The first-order chi connectivity index (χ1) is 7.70. The highest BCUT2D eigenvalue weighted by molar-refractivity contribution is 8.69. The Hall–Kier alpha value is -1.33. The van der Waals surface area contributed by atoms with E-state index in [2.05, 4.69) is 16.4 Å². The number of aromatic carboxylic acids is 1. The van der Waals surface area contributed by atoms with Crippen LogP contribution in [0.25, 0.3) is 10.8 Å². The summed E-state index contributed by atoms with van der Waals surface area (Å²) in [7, 11) is 1.22. The number of thiol groups is 1. The SMILES string of the molecule is O=C(O)c1ccc2cc(NSS)ccc2c1. The molecule has 2 aromatic carbocycles. The molecule has 0 aliphatic rings. The average Bonchev–Trinajstić information content (AvgIpc) is 2.28. The molecule has 2 N–H and O–H groups in total. The maximum Gasteiger partial charge on any atom is 0.335 e. The summed E-state index contributed by atoms with van der Waals surface area (Å²) in [5.41, 5.74) is 1.24. The predicted octanol–water partition coefficient (Wildman–Crippen LogP) is 3.44. The number of nitrogens with one attached hydrogen (secondary N) is 1. The van der Waals surface area contributed by atoms with Gasteiger partial charge in [0.15, 0.2) is 0 Å². The van der Waals surface area contributed by atoms with E-state index in [0.29, 0.717) is 5.56 Å². The molecule has 16 heavy (non-hydrogen) atoms. The van der Waals surface area contributed by atoms with Crippen LogP contribution in [0.1, 0.15) is 10.4 Å². The van der Waals surface area contributed by atoms with Crippen LogP contribution in [0.5, 0.6) is 0 Å². The van der Waals surface area contributed by atoms with Crippen molar-refractivity contribution in [3.05, 3.63) is 42.0 Å². The van der Waals surface area contributed by atoms with Gasteiger partial charge in [-0.1, -0.05) is 23.8 Å². The number of hydrogen-bond donors (Lipinski definition) is 3. The zero-order valence-electron chi connectivity index (χ0n) is 8.18. The molecule has 2 aromatic rings.